The van der Waals surface area contributed by atoms with Gasteiger partial charge in [-0.15, -0.1) is 0 Å². The summed E-state index contributed by atoms with van der Waals surface area (Å²) in [6, 6.07) is 9.79. The molecule has 6 nitrogen and oxygen atoms in total. The first-order chi connectivity index (χ1) is 12.3. The maximum atomic E-state index is 11.1. The third-order valence-electron chi connectivity index (χ3n) is 3.74. The van der Waals surface area contributed by atoms with Crippen LogP contribution in [0.3, 0.4) is 0 Å². The van der Waals surface area contributed by atoms with Crippen molar-refractivity contribution >= 4 is 17.4 Å². The van der Waals surface area contributed by atoms with E-state index in [4.69, 9.17) is 4.74 Å². The van der Waals surface area contributed by atoms with Gasteiger partial charge in [0.2, 0.25) is 5.91 Å². The van der Waals surface area contributed by atoms with Gasteiger partial charge < -0.3 is 15.4 Å². The molecule has 0 aliphatic heterocycles. The lowest BCUT2D eigenvalue weighted by atomic mass is 9.95. The zero-order valence-corrected chi connectivity index (χ0v) is 16.2. The molecule has 2 aromatic rings. The Bertz CT molecular complexity index is 736. The van der Waals surface area contributed by atoms with Crippen molar-refractivity contribution in [3.63, 3.8) is 0 Å². The van der Waals surface area contributed by atoms with Crippen molar-refractivity contribution in [2.45, 2.75) is 46.1 Å². The maximum absolute atomic E-state index is 11.1. The van der Waals surface area contributed by atoms with E-state index < -0.39 is 0 Å². The molecule has 140 valence electrons. The van der Waals surface area contributed by atoms with Gasteiger partial charge in [0.15, 0.2) is 0 Å². The molecule has 0 atom stereocenters. The van der Waals surface area contributed by atoms with E-state index in [1.54, 1.807) is 7.11 Å². The molecule has 26 heavy (non-hydrogen) atoms. The van der Waals surface area contributed by atoms with Gasteiger partial charge in [-0.1, -0.05) is 32.9 Å². The predicted molar refractivity (Wildman–Crippen MR) is 104 cm³/mol. The fraction of sp³-hybridized carbons (Fsp3) is 0.450. The molecule has 0 aliphatic rings. The summed E-state index contributed by atoms with van der Waals surface area (Å²) in [5, 5.41) is 6.14. The molecule has 0 saturated carbocycles. The lowest BCUT2D eigenvalue weighted by Crippen LogP contribution is -2.19. The molecule has 6 heteroatoms. The highest BCUT2D eigenvalue weighted by molar-refractivity contribution is 5.88. The van der Waals surface area contributed by atoms with Gasteiger partial charge in [0.25, 0.3) is 0 Å². The molecule has 0 spiro atoms. The quantitative estimate of drug-likeness (QED) is 0.794. The van der Waals surface area contributed by atoms with E-state index in [0.29, 0.717) is 6.61 Å². The Hall–Kier alpha value is -2.47. The summed E-state index contributed by atoms with van der Waals surface area (Å²) in [5.74, 6) is 1.55. The molecule has 0 bridgehead atoms. The summed E-state index contributed by atoms with van der Waals surface area (Å²) >= 11 is 0. The van der Waals surface area contributed by atoms with E-state index in [1.807, 2.05) is 30.3 Å². The Balaban J connectivity index is 2.00. The molecule has 2 N–H and O–H groups in total. The third kappa shape index (κ3) is 6.11. The number of methoxy groups -OCH3 is 1. The summed E-state index contributed by atoms with van der Waals surface area (Å²) in [5.41, 5.74) is 2.74. The first kappa shape index (κ1) is 19.8. The topological polar surface area (TPSA) is 76.1 Å². The molecule has 0 saturated heterocycles. The highest BCUT2D eigenvalue weighted by Crippen LogP contribution is 2.21. The minimum atomic E-state index is -0.125. The van der Waals surface area contributed by atoms with Crippen LogP contribution in [0.4, 0.5) is 11.5 Å². The van der Waals surface area contributed by atoms with E-state index >= 15 is 0 Å². The number of amides is 1. The number of nitrogens with zero attached hydrogens (tertiary/aromatic N) is 2. The molecule has 0 aliphatic carbocycles. The monoisotopic (exact) mass is 356 g/mol. The van der Waals surface area contributed by atoms with Crippen molar-refractivity contribution in [1.29, 1.82) is 0 Å². The summed E-state index contributed by atoms with van der Waals surface area (Å²) in [6.07, 6.45) is 0.856. The lowest BCUT2D eigenvalue weighted by molar-refractivity contribution is -0.114. The van der Waals surface area contributed by atoms with E-state index in [0.717, 1.165) is 36.0 Å². The summed E-state index contributed by atoms with van der Waals surface area (Å²) in [4.78, 5) is 20.3. The number of hydrogen-bond acceptors (Lipinski definition) is 5. The number of rotatable bonds is 7. The molecule has 0 fully saturated rings. The van der Waals surface area contributed by atoms with E-state index in [1.165, 1.54) is 12.5 Å². The van der Waals surface area contributed by atoms with Crippen LogP contribution in [0.25, 0.3) is 0 Å². The number of aromatic nitrogens is 2. The second-order valence-corrected chi connectivity index (χ2v) is 7.31. The van der Waals surface area contributed by atoms with Crippen molar-refractivity contribution < 1.29 is 9.53 Å². The summed E-state index contributed by atoms with van der Waals surface area (Å²) < 4.78 is 5.21. The number of benzene rings is 1. The Kier molecular flexibility index (Phi) is 6.69. The zero-order chi connectivity index (χ0) is 19.2. The molecule has 1 aromatic heterocycles. The van der Waals surface area contributed by atoms with Gasteiger partial charge in [-0.3, -0.25) is 4.79 Å². The van der Waals surface area contributed by atoms with Crippen LogP contribution >= 0.6 is 0 Å². The molecule has 1 amide bonds. The van der Waals surface area contributed by atoms with Gasteiger partial charge in [0, 0.05) is 37.7 Å². The van der Waals surface area contributed by atoms with Crippen molar-refractivity contribution in [3.05, 3.63) is 47.4 Å². The van der Waals surface area contributed by atoms with Crippen LogP contribution < -0.4 is 10.6 Å². The van der Waals surface area contributed by atoms with Gasteiger partial charge in [0.1, 0.15) is 11.6 Å². The molecular weight excluding hydrogens is 328 g/mol. The zero-order valence-electron chi connectivity index (χ0n) is 16.2. The van der Waals surface area contributed by atoms with Crippen molar-refractivity contribution in [2.75, 3.05) is 24.3 Å². The SMILES string of the molecule is COCc1cc(NCCc2ccc(NC(C)=O)cc2)nc(C(C)(C)C)n1. The predicted octanol–water partition coefficient (Wildman–Crippen LogP) is 3.53. The number of ether oxygens (including phenoxy) is 1. The Labute approximate surface area is 155 Å². The fourth-order valence-corrected chi connectivity index (χ4v) is 2.44. The highest BCUT2D eigenvalue weighted by Gasteiger charge is 2.19. The standard InChI is InChI=1S/C20H28N4O2/c1-14(25)22-16-8-6-15(7-9-16)10-11-21-18-12-17(13-26-5)23-19(24-18)20(2,3)4/h6-9,12H,10-11,13H2,1-5H3,(H,22,25)(H,21,23,24). The van der Waals surface area contributed by atoms with Gasteiger partial charge >= 0.3 is 0 Å². The molecule has 1 heterocycles. The molecule has 1 aromatic carbocycles. The van der Waals surface area contributed by atoms with Crippen LogP contribution in [0.2, 0.25) is 0 Å². The Morgan fingerprint density at radius 3 is 2.42 bits per heavy atom. The Morgan fingerprint density at radius 2 is 1.85 bits per heavy atom. The van der Waals surface area contributed by atoms with Crippen LogP contribution in [0, 0.1) is 0 Å². The number of nitrogens with one attached hydrogen (secondary N) is 2. The van der Waals surface area contributed by atoms with Crippen molar-refractivity contribution in [3.8, 4) is 0 Å². The third-order valence-corrected chi connectivity index (χ3v) is 3.74. The summed E-state index contributed by atoms with van der Waals surface area (Å²) in [6.45, 7) is 9.01. The molecular formula is C20H28N4O2. The number of carbonyl (C=O) groups excluding carboxylic acids is 1. The van der Waals surface area contributed by atoms with Gasteiger partial charge in [-0.2, -0.15) is 0 Å². The minimum absolute atomic E-state index is 0.0651. The molecule has 0 radical (unpaired) electrons. The highest BCUT2D eigenvalue weighted by atomic mass is 16.5. The molecule has 0 unspecified atom stereocenters. The fourth-order valence-electron chi connectivity index (χ4n) is 2.44. The van der Waals surface area contributed by atoms with E-state index in [9.17, 15) is 4.79 Å². The van der Waals surface area contributed by atoms with Crippen LogP contribution in [0.5, 0.6) is 0 Å². The van der Waals surface area contributed by atoms with Crippen LogP contribution in [0.15, 0.2) is 30.3 Å². The second kappa shape index (κ2) is 8.76. The molecule has 2 rings (SSSR count). The lowest BCUT2D eigenvalue weighted by Gasteiger charge is -2.19. The number of anilines is 2. The first-order valence-corrected chi connectivity index (χ1v) is 8.75. The normalized spacial score (nSPS) is 11.3. The smallest absolute Gasteiger partial charge is 0.221 e. The van der Waals surface area contributed by atoms with Crippen LogP contribution in [0.1, 0.15) is 44.8 Å². The van der Waals surface area contributed by atoms with Crippen molar-refractivity contribution in [2.24, 2.45) is 0 Å². The average molecular weight is 356 g/mol. The van der Waals surface area contributed by atoms with Gasteiger partial charge in [-0.05, 0) is 24.1 Å². The van der Waals surface area contributed by atoms with Crippen LogP contribution in [-0.4, -0.2) is 29.5 Å². The van der Waals surface area contributed by atoms with Crippen LogP contribution in [-0.2, 0) is 28.0 Å². The Morgan fingerprint density at radius 1 is 1.15 bits per heavy atom. The minimum Gasteiger partial charge on any atom is -0.378 e. The van der Waals surface area contributed by atoms with Crippen molar-refractivity contribution in [1.82, 2.24) is 9.97 Å². The van der Waals surface area contributed by atoms with Gasteiger partial charge in [-0.25, -0.2) is 9.97 Å². The second-order valence-electron chi connectivity index (χ2n) is 7.31. The largest absolute Gasteiger partial charge is 0.378 e. The number of carbonyl (C=O) groups is 1. The number of hydrogen-bond donors (Lipinski definition) is 2. The van der Waals surface area contributed by atoms with E-state index in [2.05, 4.69) is 41.4 Å². The first-order valence-electron chi connectivity index (χ1n) is 8.75. The van der Waals surface area contributed by atoms with E-state index in [-0.39, 0.29) is 11.3 Å². The average Bonchev–Trinajstić information content (AvgIpc) is 2.55. The maximum Gasteiger partial charge on any atom is 0.221 e. The van der Waals surface area contributed by atoms with Gasteiger partial charge in [0.05, 0.1) is 12.3 Å². The summed E-state index contributed by atoms with van der Waals surface area (Å²) in [7, 11) is 1.66.